The molecule has 0 N–H and O–H groups in total. The highest BCUT2D eigenvalue weighted by molar-refractivity contribution is 5.94. The first-order valence-corrected chi connectivity index (χ1v) is 20.4. The highest BCUT2D eigenvalue weighted by atomic mass is 15.4. The summed E-state index contributed by atoms with van der Waals surface area (Å²) >= 11 is 0. The molecule has 0 bridgehead atoms. The monoisotopic (exact) mass is 798 g/mol. The predicted octanol–water partition coefficient (Wildman–Crippen LogP) is 13.3. The zero-order chi connectivity index (χ0) is 41.5. The van der Waals surface area contributed by atoms with E-state index < -0.39 is 0 Å². The van der Waals surface area contributed by atoms with Crippen LogP contribution < -0.4 is 9.80 Å². The molecular formula is C54H38N8. The fraction of sp³-hybridized carbons (Fsp3) is 0. The van der Waals surface area contributed by atoms with Crippen LogP contribution in [0.25, 0.3) is 56.7 Å². The molecule has 0 aliphatic carbocycles. The Morgan fingerprint density at radius 1 is 0.226 bits per heavy atom. The van der Waals surface area contributed by atoms with Gasteiger partial charge in [-0.05, 0) is 36.4 Å². The second kappa shape index (κ2) is 17.3. The first kappa shape index (κ1) is 37.6. The Labute approximate surface area is 360 Å². The molecule has 2 aromatic heterocycles. The Bertz CT molecular complexity index is 2780. The average Bonchev–Trinajstić information content (AvgIpc) is 3.36. The largest absolute Gasteiger partial charge is 0.310 e. The van der Waals surface area contributed by atoms with Crippen molar-refractivity contribution in [1.82, 2.24) is 29.9 Å². The van der Waals surface area contributed by atoms with E-state index in [0.29, 0.717) is 35.2 Å². The summed E-state index contributed by atoms with van der Waals surface area (Å²) in [6, 6.07) is 77.5. The first-order chi connectivity index (χ1) is 30.8. The second-order valence-corrected chi connectivity index (χ2v) is 14.4. The Hall–Kier alpha value is -8.62. The van der Waals surface area contributed by atoms with Gasteiger partial charge in [-0.15, -0.1) is 0 Å². The van der Waals surface area contributed by atoms with Crippen LogP contribution in [0.4, 0.5) is 34.6 Å². The topological polar surface area (TPSA) is 83.8 Å². The molecule has 0 fully saturated rings. The molecule has 0 spiro atoms. The van der Waals surface area contributed by atoms with E-state index in [0.717, 1.165) is 56.1 Å². The van der Waals surface area contributed by atoms with Crippen molar-refractivity contribution < 1.29 is 0 Å². The fourth-order valence-corrected chi connectivity index (χ4v) is 7.47. The van der Waals surface area contributed by atoms with Crippen LogP contribution in [0.5, 0.6) is 0 Å². The average molecular weight is 799 g/mol. The van der Waals surface area contributed by atoms with E-state index in [4.69, 9.17) is 29.9 Å². The maximum atomic E-state index is 5.27. The zero-order valence-electron chi connectivity index (χ0n) is 33.5. The molecule has 294 valence electrons. The third kappa shape index (κ3) is 7.79. The maximum absolute atomic E-state index is 5.27. The molecule has 0 amide bonds. The van der Waals surface area contributed by atoms with Crippen molar-refractivity contribution in [2.45, 2.75) is 0 Å². The number of hydrogen-bond donors (Lipinski definition) is 0. The molecule has 8 heteroatoms. The van der Waals surface area contributed by atoms with E-state index in [1.807, 2.05) is 144 Å². The summed E-state index contributed by atoms with van der Waals surface area (Å²) in [5.41, 5.74) is 9.05. The van der Waals surface area contributed by atoms with Gasteiger partial charge in [0.1, 0.15) is 0 Å². The molecule has 0 atom stereocenters. The number of nitrogens with zero attached hydrogens (tertiary/aromatic N) is 8. The minimum Gasteiger partial charge on any atom is -0.310 e. The number of anilines is 6. The Morgan fingerprint density at radius 2 is 0.484 bits per heavy atom. The number of rotatable bonds is 11. The van der Waals surface area contributed by atoms with Crippen LogP contribution in [0.1, 0.15) is 0 Å². The highest BCUT2D eigenvalue weighted by Gasteiger charge is 2.28. The van der Waals surface area contributed by atoms with Gasteiger partial charge in [0.15, 0.2) is 23.3 Å². The SMILES string of the molecule is c1ccc(-c2nc(-c3ccccc3)nc(N(c3nc(-c4ccccc4)nc(-c4ccccc4)n3)c3ccccc3-c3ccccc3N(c3ccccc3)c3ccccc3)n2)cc1. The lowest BCUT2D eigenvalue weighted by molar-refractivity contribution is 0.964. The van der Waals surface area contributed by atoms with Crippen LogP contribution in [0.15, 0.2) is 231 Å². The minimum absolute atomic E-state index is 0.342. The zero-order valence-corrected chi connectivity index (χ0v) is 33.5. The Balaban J connectivity index is 1.27. The summed E-state index contributed by atoms with van der Waals surface area (Å²) in [7, 11) is 0. The molecular weight excluding hydrogens is 761 g/mol. The van der Waals surface area contributed by atoms with Gasteiger partial charge in [-0.2, -0.15) is 19.9 Å². The van der Waals surface area contributed by atoms with Crippen molar-refractivity contribution >= 4 is 34.6 Å². The van der Waals surface area contributed by atoms with E-state index in [1.165, 1.54) is 0 Å². The van der Waals surface area contributed by atoms with Crippen molar-refractivity contribution in [3.05, 3.63) is 231 Å². The van der Waals surface area contributed by atoms with Crippen LogP contribution in [0.3, 0.4) is 0 Å². The molecule has 62 heavy (non-hydrogen) atoms. The summed E-state index contributed by atoms with van der Waals surface area (Å²) in [5.74, 6) is 2.73. The molecule has 0 aliphatic rings. The minimum atomic E-state index is 0.342. The Kier molecular flexibility index (Phi) is 10.5. The Morgan fingerprint density at radius 3 is 0.806 bits per heavy atom. The molecule has 0 radical (unpaired) electrons. The molecule has 10 rings (SSSR count). The molecule has 0 aliphatic heterocycles. The lowest BCUT2D eigenvalue weighted by Gasteiger charge is -2.29. The van der Waals surface area contributed by atoms with Crippen molar-refractivity contribution in [2.24, 2.45) is 0 Å². The normalized spacial score (nSPS) is 10.9. The molecule has 8 aromatic carbocycles. The molecule has 0 saturated heterocycles. The standard InChI is InChI=1S/C54H38N8/c1-7-23-39(24-8-1)49-55-50(40-25-9-2-10-26-40)58-53(57-49)62(54-59-51(41-27-11-3-12-28-41)56-52(60-54)42-29-13-4-14-30-42)48-38-22-20-36-46(48)45-35-19-21-37-47(45)61(43-31-15-5-16-32-43)44-33-17-6-18-34-44/h1-38H. The van der Waals surface area contributed by atoms with Crippen LogP contribution in [-0.2, 0) is 0 Å². The van der Waals surface area contributed by atoms with Gasteiger partial charge in [0.2, 0.25) is 11.9 Å². The predicted molar refractivity (Wildman–Crippen MR) is 250 cm³/mol. The van der Waals surface area contributed by atoms with Crippen LogP contribution in [0.2, 0.25) is 0 Å². The summed E-state index contributed by atoms with van der Waals surface area (Å²) in [6.45, 7) is 0. The van der Waals surface area contributed by atoms with Gasteiger partial charge in [0.25, 0.3) is 0 Å². The summed E-state index contributed by atoms with van der Waals surface area (Å²) < 4.78 is 0. The molecule has 0 saturated carbocycles. The van der Waals surface area contributed by atoms with Crippen molar-refractivity contribution in [2.75, 3.05) is 9.80 Å². The molecule has 10 aromatic rings. The number of benzene rings is 8. The third-order valence-corrected chi connectivity index (χ3v) is 10.4. The van der Waals surface area contributed by atoms with Gasteiger partial charge in [-0.3, -0.25) is 0 Å². The summed E-state index contributed by atoms with van der Waals surface area (Å²) in [6.07, 6.45) is 0. The van der Waals surface area contributed by atoms with Crippen molar-refractivity contribution in [3.8, 4) is 56.7 Å². The smallest absolute Gasteiger partial charge is 0.241 e. The second-order valence-electron chi connectivity index (χ2n) is 14.4. The molecule has 0 unspecified atom stereocenters. The highest BCUT2D eigenvalue weighted by Crippen LogP contribution is 2.46. The van der Waals surface area contributed by atoms with Crippen molar-refractivity contribution in [1.29, 1.82) is 0 Å². The number of para-hydroxylation sites is 4. The van der Waals surface area contributed by atoms with Gasteiger partial charge in [0, 0.05) is 44.8 Å². The maximum Gasteiger partial charge on any atom is 0.241 e. The van der Waals surface area contributed by atoms with Crippen LogP contribution in [0, 0.1) is 0 Å². The van der Waals surface area contributed by atoms with Gasteiger partial charge < -0.3 is 4.90 Å². The van der Waals surface area contributed by atoms with Crippen LogP contribution in [-0.4, -0.2) is 29.9 Å². The van der Waals surface area contributed by atoms with E-state index in [2.05, 4.69) is 95.9 Å². The third-order valence-electron chi connectivity index (χ3n) is 10.4. The summed E-state index contributed by atoms with van der Waals surface area (Å²) in [5, 5.41) is 0. The van der Waals surface area contributed by atoms with E-state index in [-0.39, 0.29) is 0 Å². The quantitative estimate of drug-likeness (QED) is 0.128. The number of hydrogen-bond acceptors (Lipinski definition) is 8. The van der Waals surface area contributed by atoms with Gasteiger partial charge >= 0.3 is 0 Å². The summed E-state index contributed by atoms with van der Waals surface area (Å²) in [4.78, 5) is 35.4. The lowest BCUT2D eigenvalue weighted by Crippen LogP contribution is -2.20. The van der Waals surface area contributed by atoms with Crippen LogP contribution >= 0.6 is 0 Å². The molecule has 8 nitrogen and oxygen atoms in total. The first-order valence-electron chi connectivity index (χ1n) is 20.4. The van der Waals surface area contributed by atoms with E-state index in [9.17, 15) is 0 Å². The lowest BCUT2D eigenvalue weighted by atomic mass is 9.99. The van der Waals surface area contributed by atoms with Gasteiger partial charge in [-0.25, -0.2) is 14.9 Å². The van der Waals surface area contributed by atoms with Crippen molar-refractivity contribution in [3.63, 3.8) is 0 Å². The van der Waals surface area contributed by atoms with E-state index >= 15 is 0 Å². The molecule has 2 heterocycles. The van der Waals surface area contributed by atoms with Gasteiger partial charge in [-0.1, -0.05) is 194 Å². The number of aromatic nitrogens is 6. The van der Waals surface area contributed by atoms with Gasteiger partial charge in [0.05, 0.1) is 11.4 Å². The fourth-order valence-electron chi connectivity index (χ4n) is 7.47. The van der Waals surface area contributed by atoms with E-state index in [1.54, 1.807) is 0 Å².